The average molecular weight is 195 g/mol. The molecule has 1 rings (SSSR count). The van der Waals surface area contributed by atoms with Gasteiger partial charge in [0.05, 0.1) is 11.4 Å². The smallest absolute Gasteiger partial charge is 0.325 e. The Hall–Kier alpha value is -1.78. The molecule has 76 valence electrons. The summed E-state index contributed by atoms with van der Waals surface area (Å²) in [6.07, 6.45) is 0. The molecule has 14 heavy (non-hydrogen) atoms. The van der Waals surface area contributed by atoms with Crippen LogP contribution in [0.1, 0.15) is 12.6 Å². The minimum Gasteiger partial charge on any atom is -0.480 e. The number of nitrogen functional groups attached to an aromatic ring is 1. The summed E-state index contributed by atoms with van der Waals surface area (Å²) in [5.41, 5.74) is 6.86. The van der Waals surface area contributed by atoms with Gasteiger partial charge in [-0.15, -0.1) is 0 Å². The van der Waals surface area contributed by atoms with Crippen LogP contribution in [0.4, 0.5) is 11.5 Å². The molecule has 0 aromatic carbocycles. The van der Waals surface area contributed by atoms with E-state index in [9.17, 15) is 4.79 Å². The Morgan fingerprint density at radius 2 is 2.29 bits per heavy atom. The first kappa shape index (κ1) is 10.3. The summed E-state index contributed by atoms with van der Waals surface area (Å²) < 4.78 is 0. The van der Waals surface area contributed by atoms with E-state index in [-0.39, 0.29) is 0 Å². The van der Waals surface area contributed by atoms with E-state index in [0.29, 0.717) is 17.2 Å². The molecule has 1 aromatic heterocycles. The van der Waals surface area contributed by atoms with Crippen molar-refractivity contribution in [1.82, 2.24) is 4.98 Å². The number of carbonyl (C=O) groups is 1. The normalized spacial score (nSPS) is 12.1. The summed E-state index contributed by atoms with van der Waals surface area (Å²) in [5, 5.41) is 11.4. The monoisotopic (exact) mass is 195 g/mol. The van der Waals surface area contributed by atoms with Crippen LogP contribution in [0.5, 0.6) is 0 Å². The van der Waals surface area contributed by atoms with Gasteiger partial charge in [0.2, 0.25) is 0 Å². The molecule has 0 saturated heterocycles. The van der Waals surface area contributed by atoms with E-state index >= 15 is 0 Å². The predicted molar refractivity (Wildman–Crippen MR) is 54.1 cm³/mol. The van der Waals surface area contributed by atoms with Crippen LogP contribution in [0.15, 0.2) is 12.1 Å². The minimum atomic E-state index is -0.915. The van der Waals surface area contributed by atoms with E-state index in [2.05, 4.69) is 10.3 Å². The molecular weight excluding hydrogens is 182 g/mol. The zero-order chi connectivity index (χ0) is 10.7. The van der Waals surface area contributed by atoms with Crippen LogP contribution in [0.25, 0.3) is 0 Å². The summed E-state index contributed by atoms with van der Waals surface area (Å²) >= 11 is 0. The van der Waals surface area contributed by atoms with E-state index in [1.807, 2.05) is 0 Å². The van der Waals surface area contributed by atoms with Crippen LogP contribution < -0.4 is 11.1 Å². The standard InChI is InChI=1S/C9H13N3O2/c1-5-7(10)3-4-8(11-5)12-6(2)9(13)14/h3-4,6H,10H2,1-2H3,(H,11,12)(H,13,14). The van der Waals surface area contributed by atoms with Gasteiger partial charge in [-0.25, -0.2) is 4.98 Å². The lowest BCUT2D eigenvalue weighted by Gasteiger charge is -2.10. The number of anilines is 2. The summed E-state index contributed by atoms with van der Waals surface area (Å²) in [6, 6.07) is 2.69. The van der Waals surface area contributed by atoms with Crippen molar-refractivity contribution in [3.05, 3.63) is 17.8 Å². The van der Waals surface area contributed by atoms with Crippen molar-refractivity contribution in [2.45, 2.75) is 19.9 Å². The van der Waals surface area contributed by atoms with Gasteiger partial charge in [-0.05, 0) is 26.0 Å². The predicted octanol–water partition coefficient (Wildman–Crippen LogP) is 0.857. The number of aromatic nitrogens is 1. The molecule has 0 spiro atoms. The molecule has 0 aliphatic rings. The van der Waals surface area contributed by atoms with Crippen molar-refractivity contribution >= 4 is 17.5 Å². The van der Waals surface area contributed by atoms with Crippen LogP contribution >= 0.6 is 0 Å². The lowest BCUT2D eigenvalue weighted by molar-refractivity contribution is -0.137. The van der Waals surface area contributed by atoms with E-state index in [1.165, 1.54) is 0 Å². The zero-order valence-electron chi connectivity index (χ0n) is 8.11. The fourth-order valence-electron chi connectivity index (χ4n) is 0.936. The zero-order valence-corrected chi connectivity index (χ0v) is 8.11. The van der Waals surface area contributed by atoms with Crippen LogP contribution in [0.2, 0.25) is 0 Å². The third-order valence-electron chi connectivity index (χ3n) is 1.86. The molecule has 0 saturated carbocycles. The van der Waals surface area contributed by atoms with Crippen molar-refractivity contribution in [2.75, 3.05) is 11.1 Å². The fourth-order valence-corrected chi connectivity index (χ4v) is 0.936. The first-order valence-electron chi connectivity index (χ1n) is 4.23. The Morgan fingerprint density at radius 3 is 2.79 bits per heavy atom. The maximum atomic E-state index is 10.5. The number of aliphatic carboxylic acids is 1. The van der Waals surface area contributed by atoms with Crippen LogP contribution in [-0.4, -0.2) is 22.1 Å². The third-order valence-corrected chi connectivity index (χ3v) is 1.86. The molecule has 0 aliphatic heterocycles. The third kappa shape index (κ3) is 2.35. The Morgan fingerprint density at radius 1 is 1.64 bits per heavy atom. The van der Waals surface area contributed by atoms with E-state index in [1.54, 1.807) is 26.0 Å². The van der Waals surface area contributed by atoms with Gasteiger partial charge in [-0.3, -0.25) is 4.79 Å². The lowest BCUT2D eigenvalue weighted by Crippen LogP contribution is -2.25. The molecule has 5 heteroatoms. The van der Waals surface area contributed by atoms with Gasteiger partial charge >= 0.3 is 5.97 Å². The number of aryl methyl sites for hydroxylation is 1. The number of nitrogens with two attached hydrogens (primary N) is 1. The second kappa shape index (κ2) is 3.95. The maximum absolute atomic E-state index is 10.5. The number of hydrogen-bond donors (Lipinski definition) is 3. The van der Waals surface area contributed by atoms with Crippen LogP contribution in [-0.2, 0) is 4.79 Å². The molecule has 1 heterocycles. The molecule has 0 radical (unpaired) electrons. The Kier molecular flexibility index (Phi) is 2.91. The summed E-state index contributed by atoms with van der Waals surface area (Å²) in [6.45, 7) is 3.32. The van der Waals surface area contributed by atoms with Crippen LogP contribution in [0.3, 0.4) is 0 Å². The minimum absolute atomic E-state index is 0.520. The fraction of sp³-hybridized carbons (Fsp3) is 0.333. The van der Waals surface area contributed by atoms with Gasteiger partial charge in [-0.2, -0.15) is 0 Å². The van der Waals surface area contributed by atoms with Crippen molar-refractivity contribution in [3.8, 4) is 0 Å². The second-order valence-corrected chi connectivity index (χ2v) is 3.08. The SMILES string of the molecule is Cc1nc(NC(C)C(=O)O)ccc1N. The number of pyridine rings is 1. The number of nitrogens with zero attached hydrogens (tertiary/aromatic N) is 1. The highest BCUT2D eigenvalue weighted by atomic mass is 16.4. The molecule has 5 nitrogen and oxygen atoms in total. The first-order chi connectivity index (χ1) is 6.50. The molecule has 0 bridgehead atoms. The van der Waals surface area contributed by atoms with E-state index in [0.717, 1.165) is 0 Å². The molecule has 0 aliphatic carbocycles. The molecule has 1 atom stereocenters. The number of hydrogen-bond acceptors (Lipinski definition) is 4. The van der Waals surface area contributed by atoms with Gasteiger partial charge in [0.1, 0.15) is 11.9 Å². The highest BCUT2D eigenvalue weighted by Gasteiger charge is 2.10. The van der Waals surface area contributed by atoms with E-state index in [4.69, 9.17) is 10.8 Å². The highest BCUT2D eigenvalue weighted by molar-refractivity contribution is 5.76. The van der Waals surface area contributed by atoms with Crippen molar-refractivity contribution in [2.24, 2.45) is 0 Å². The van der Waals surface area contributed by atoms with Gasteiger partial charge in [0.25, 0.3) is 0 Å². The molecule has 0 fully saturated rings. The van der Waals surface area contributed by atoms with Gasteiger partial charge < -0.3 is 16.2 Å². The van der Waals surface area contributed by atoms with Gasteiger partial charge in [0, 0.05) is 0 Å². The van der Waals surface area contributed by atoms with Crippen molar-refractivity contribution < 1.29 is 9.90 Å². The van der Waals surface area contributed by atoms with Gasteiger partial charge in [-0.1, -0.05) is 0 Å². The summed E-state index contributed by atoms with van der Waals surface area (Å²) in [4.78, 5) is 14.6. The largest absolute Gasteiger partial charge is 0.480 e. The Bertz CT molecular complexity index is 352. The average Bonchev–Trinajstić information content (AvgIpc) is 2.11. The number of carboxylic acid groups (broad SMARTS) is 1. The highest BCUT2D eigenvalue weighted by Crippen LogP contribution is 2.12. The Labute approximate surface area is 82.0 Å². The number of nitrogens with one attached hydrogen (secondary N) is 1. The summed E-state index contributed by atoms with van der Waals surface area (Å²) in [7, 11) is 0. The van der Waals surface area contributed by atoms with Gasteiger partial charge in [0.15, 0.2) is 0 Å². The Balaban J connectivity index is 2.78. The topological polar surface area (TPSA) is 88.2 Å². The molecule has 1 aromatic rings. The molecule has 0 amide bonds. The van der Waals surface area contributed by atoms with Crippen molar-refractivity contribution in [1.29, 1.82) is 0 Å². The maximum Gasteiger partial charge on any atom is 0.325 e. The quantitative estimate of drug-likeness (QED) is 0.665. The van der Waals surface area contributed by atoms with Crippen LogP contribution in [0, 0.1) is 6.92 Å². The van der Waals surface area contributed by atoms with E-state index < -0.39 is 12.0 Å². The second-order valence-electron chi connectivity index (χ2n) is 3.08. The van der Waals surface area contributed by atoms with Crippen molar-refractivity contribution in [3.63, 3.8) is 0 Å². The first-order valence-corrected chi connectivity index (χ1v) is 4.23. The molecular formula is C9H13N3O2. The number of rotatable bonds is 3. The molecule has 4 N–H and O–H groups in total. The lowest BCUT2D eigenvalue weighted by atomic mass is 10.3. The molecule has 1 unspecified atom stereocenters. The summed E-state index contributed by atoms with van der Waals surface area (Å²) in [5.74, 6) is -0.395. The number of carboxylic acids is 1.